The zero-order chi connectivity index (χ0) is 19.4. The lowest BCUT2D eigenvalue weighted by atomic mass is 10.2. The lowest BCUT2D eigenvalue weighted by Gasteiger charge is -2.16. The summed E-state index contributed by atoms with van der Waals surface area (Å²) in [6.45, 7) is 4.37. The van der Waals surface area contributed by atoms with Gasteiger partial charge in [-0.2, -0.15) is 0 Å². The van der Waals surface area contributed by atoms with Gasteiger partial charge in [-0.1, -0.05) is 42.4 Å². The van der Waals surface area contributed by atoms with Gasteiger partial charge in [0.05, 0.1) is 16.2 Å². The molecule has 0 saturated carbocycles. The Balaban J connectivity index is 1.85. The molecule has 0 bridgehead atoms. The summed E-state index contributed by atoms with van der Waals surface area (Å²) < 4.78 is 1.65. The number of benzene rings is 2. The second-order valence-corrected chi connectivity index (χ2v) is 7.87. The molecule has 0 spiro atoms. The second kappa shape index (κ2) is 8.59. The number of hydrogen-bond acceptors (Lipinski definition) is 4. The molecule has 0 fully saturated rings. The SMILES string of the molecule is CCCn1c(SC(C)C(=O)Nc2ccc(Cl)cc2)nc2ccccc2c1=O. The molecule has 5 nitrogen and oxygen atoms in total. The van der Waals surface area contributed by atoms with Crippen molar-refractivity contribution in [3.8, 4) is 0 Å². The standard InChI is InChI=1S/C20H20ClN3O2S/c1-3-12-24-19(26)16-6-4-5-7-17(16)23-20(24)27-13(2)18(25)22-15-10-8-14(21)9-11-15/h4-11,13H,3,12H2,1-2H3,(H,22,25). The number of para-hydroxylation sites is 1. The Bertz CT molecular complexity index is 1020. The van der Waals surface area contributed by atoms with Gasteiger partial charge in [0, 0.05) is 17.3 Å². The number of carbonyl (C=O) groups is 1. The normalized spacial score (nSPS) is 12.1. The molecular weight excluding hydrogens is 382 g/mol. The maximum absolute atomic E-state index is 12.8. The van der Waals surface area contributed by atoms with Crippen LogP contribution < -0.4 is 10.9 Å². The van der Waals surface area contributed by atoms with Crippen molar-refractivity contribution in [2.45, 2.75) is 37.2 Å². The molecule has 0 radical (unpaired) electrons. The summed E-state index contributed by atoms with van der Waals surface area (Å²) in [5.41, 5.74) is 1.24. The van der Waals surface area contributed by atoms with Crippen LogP contribution in [0.15, 0.2) is 58.5 Å². The van der Waals surface area contributed by atoms with E-state index in [1.807, 2.05) is 25.1 Å². The molecule has 0 aliphatic heterocycles. The molecule has 3 aromatic rings. The van der Waals surface area contributed by atoms with Crippen molar-refractivity contribution in [1.82, 2.24) is 9.55 Å². The summed E-state index contributed by atoms with van der Waals surface area (Å²) in [6, 6.07) is 14.2. The lowest BCUT2D eigenvalue weighted by Crippen LogP contribution is -2.27. The quantitative estimate of drug-likeness (QED) is 0.485. The summed E-state index contributed by atoms with van der Waals surface area (Å²) in [5.74, 6) is -0.159. The summed E-state index contributed by atoms with van der Waals surface area (Å²) in [5, 5.41) is 4.20. The Morgan fingerprint density at radius 3 is 2.63 bits per heavy atom. The van der Waals surface area contributed by atoms with Crippen LogP contribution in [-0.2, 0) is 11.3 Å². The summed E-state index contributed by atoms with van der Waals surface area (Å²) in [6.07, 6.45) is 0.804. The van der Waals surface area contributed by atoms with Crippen molar-refractivity contribution in [2.24, 2.45) is 0 Å². The van der Waals surface area contributed by atoms with E-state index in [1.54, 1.807) is 41.8 Å². The monoisotopic (exact) mass is 401 g/mol. The predicted octanol–water partition coefficient (Wildman–Crippen LogP) is 4.58. The average Bonchev–Trinajstić information content (AvgIpc) is 2.66. The molecule has 1 atom stereocenters. The molecule has 140 valence electrons. The van der Waals surface area contributed by atoms with Gasteiger partial charge in [0.1, 0.15) is 0 Å². The fraction of sp³-hybridized carbons (Fsp3) is 0.250. The van der Waals surface area contributed by atoms with E-state index in [1.165, 1.54) is 11.8 Å². The number of aromatic nitrogens is 2. The first-order chi connectivity index (χ1) is 13.0. The fourth-order valence-corrected chi connectivity index (χ4v) is 3.71. The molecule has 1 N–H and O–H groups in total. The van der Waals surface area contributed by atoms with E-state index in [4.69, 9.17) is 11.6 Å². The Labute approximate surface area is 166 Å². The lowest BCUT2D eigenvalue weighted by molar-refractivity contribution is -0.115. The maximum Gasteiger partial charge on any atom is 0.262 e. The summed E-state index contributed by atoms with van der Waals surface area (Å²) in [7, 11) is 0. The van der Waals surface area contributed by atoms with Crippen molar-refractivity contribution in [1.29, 1.82) is 0 Å². The van der Waals surface area contributed by atoms with Gasteiger partial charge in [-0.3, -0.25) is 14.2 Å². The minimum Gasteiger partial charge on any atom is -0.325 e. The molecule has 0 aliphatic carbocycles. The Morgan fingerprint density at radius 1 is 1.22 bits per heavy atom. The van der Waals surface area contributed by atoms with Crippen LogP contribution in [0.25, 0.3) is 10.9 Å². The number of nitrogens with zero attached hydrogens (tertiary/aromatic N) is 2. The Hall–Kier alpha value is -2.31. The number of fused-ring (bicyclic) bond motifs is 1. The van der Waals surface area contributed by atoms with E-state index < -0.39 is 5.25 Å². The number of anilines is 1. The number of hydrogen-bond donors (Lipinski definition) is 1. The zero-order valence-electron chi connectivity index (χ0n) is 15.1. The highest BCUT2D eigenvalue weighted by atomic mass is 35.5. The molecule has 0 aliphatic rings. The number of rotatable bonds is 6. The van der Waals surface area contributed by atoms with Crippen LogP contribution in [0.5, 0.6) is 0 Å². The zero-order valence-corrected chi connectivity index (χ0v) is 16.7. The van der Waals surface area contributed by atoms with E-state index in [-0.39, 0.29) is 11.5 Å². The highest BCUT2D eigenvalue weighted by Crippen LogP contribution is 2.24. The maximum atomic E-state index is 12.8. The van der Waals surface area contributed by atoms with Gasteiger partial charge in [-0.15, -0.1) is 0 Å². The van der Waals surface area contributed by atoms with E-state index in [9.17, 15) is 9.59 Å². The molecular formula is C20H20ClN3O2S. The third-order valence-electron chi connectivity index (χ3n) is 4.04. The molecule has 1 unspecified atom stereocenters. The number of thioether (sulfide) groups is 1. The molecule has 1 amide bonds. The van der Waals surface area contributed by atoms with E-state index >= 15 is 0 Å². The smallest absolute Gasteiger partial charge is 0.262 e. The highest BCUT2D eigenvalue weighted by molar-refractivity contribution is 8.00. The third kappa shape index (κ3) is 4.51. The van der Waals surface area contributed by atoms with Crippen molar-refractivity contribution in [2.75, 3.05) is 5.32 Å². The van der Waals surface area contributed by atoms with Crippen molar-refractivity contribution >= 4 is 45.9 Å². The third-order valence-corrected chi connectivity index (χ3v) is 5.38. The Morgan fingerprint density at radius 2 is 1.93 bits per heavy atom. The van der Waals surface area contributed by atoms with Crippen LogP contribution in [0.3, 0.4) is 0 Å². The average molecular weight is 402 g/mol. The van der Waals surface area contributed by atoms with Crippen LogP contribution in [-0.4, -0.2) is 20.7 Å². The first-order valence-electron chi connectivity index (χ1n) is 8.72. The first-order valence-corrected chi connectivity index (χ1v) is 9.98. The van der Waals surface area contributed by atoms with Gasteiger partial charge in [-0.05, 0) is 49.7 Å². The molecule has 7 heteroatoms. The summed E-state index contributed by atoms with van der Waals surface area (Å²) in [4.78, 5) is 30.0. The molecule has 0 saturated heterocycles. The van der Waals surface area contributed by atoms with Gasteiger partial charge >= 0.3 is 0 Å². The Kier molecular flexibility index (Phi) is 6.19. The summed E-state index contributed by atoms with van der Waals surface area (Å²) >= 11 is 7.15. The van der Waals surface area contributed by atoms with Gasteiger partial charge < -0.3 is 5.32 Å². The van der Waals surface area contributed by atoms with E-state index in [0.717, 1.165) is 6.42 Å². The topological polar surface area (TPSA) is 64.0 Å². The van der Waals surface area contributed by atoms with Crippen LogP contribution >= 0.6 is 23.4 Å². The van der Waals surface area contributed by atoms with E-state index in [0.29, 0.717) is 33.3 Å². The van der Waals surface area contributed by atoms with Crippen LogP contribution in [0.1, 0.15) is 20.3 Å². The van der Waals surface area contributed by atoms with Crippen molar-refractivity contribution in [3.05, 3.63) is 63.9 Å². The molecule has 27 heavy (non-hydrogen) atoms. The highest BCUT2D eigenvalue weighted by Gasteiger charge is 2.19. The van der Waals surface area contributed by atoms with E-state index in [2.05, 4.69) is 10.3 Å². The fourth-order valence-electron chi connectivity index (χ4n) is 2.65. The number of halogens is 1. The molecule has 1 heterocycles. The van der Waals surface area contributed by atoms with Gasteiger partial charge in [0.15, 0.2) is 5.16 Å². The van der Waals surface area contributed by atoms with Gasteiger partial charge in [0.25, 0.3) is 5.56 Å². The largest absolute Gasteiger partial charge is 0.325 e. The van der Waals surface area contributed by atoms with Crippen molar-refractivity contribution < 1.29 is 4.79 Å². The van der Waals surface area contributed by atoms with Gasteiger partial charge in [-0.25, -0.2) is 4.98 Å². The number of carbonyl (C=O) groups excluding carboxylic acids is 1. The minimum atomic E-state index is -0.420. The first kappa shape index (κ1) is 19.5. The number of amides is 1. The molecule has 3 rings (SSSR count). The van der Waals surface area contributed by atoms with Gasteiger partial charge in [0.2, 0.25) is 5.91 Å². The number of nitrogens with one attached hydrogen (secondary N) is 1. The molecule has 2 aromatic carbocycles. The van der Waals surface area contributed by atoms with Crippen LogP contribution in [0.4, 0.5) is 5.69 Å². The van der Waals surface area contributed by atoms with Crippen molar-refractivity contribution in [3.63, 3.8) is 0 Å². The minimum absolute atomic E-state index is 0.0738. The van der Waals surface area contributed by atoms with Crippen LogP contribution in [0.2, 0.25) is 5.02 Å². The molecule has 1 aromatic heterocycles. The predicted molar refractivity (Wildman–Crippen MR) is 112 cm³/mol. The second-order valence-electron chi connectivity index (χ2n) is 6.12. The van der Waals surface area contributed by atoms with Crippen LogP contribution in [0, 0.1) is 0 Å².